The Bertz CT molecular complexity index is 2700. The lowest BCUT2D eigenvalue weighted by molar-refractivity contribution is -0.175. The number of aliphatic hydroxyl groups excluding tert-OH is 1. The van der Waals surface area contributed by atoms with Crippen molar-refractivity contribution in [3.63, 3.8) is 0 Å². The molecule has 34 nitrogen and oxygen atoms in total. The molecule has 582 valence electrons. The molecule has 14 atom stereocenters. The van der Waals surface area contributed by atoms with Gasteiger partial charge in [0.2, 0.25) is 11.8 Å². The lowest BCUT2D eigenvalue weighted by Gasteiger charge is -2.62. The van der Waals surface area contributed by atoms with Crippen LogP contribution in [0.2, 0.25) is 0 Å². The second-order valence-electron chi connectivity index (χ2n) is 29.7. The van der Waals surface area contributed by atoms with Crippen molar-refractivity contribution in [2.24, 2.45) is 58.2 Å². The first-order valence-electron chi connectivity index (χ1n) is 36.0. The van der Waals surface area contributed by atoms with Crippen LogP contribution in [0.5, 0.6) is 0 Å². The lowest BCUT2D eigenvalue weighted by Crippen LogP contribution is -2.59. The summed E-state index contributed by atoms with van der Waals surface area (Å²) in [6, 6.07) is -1.82. The number of aliphatic hydroxyl groups is 1. The monoisotopic (exact) mass is 1470 g/mol. The van der Waals surface area contributed by atoms with E-state index in [0.29, 0.717) is 37.5 Å². The lowest BCUT2D eigenvalue weighted by atomic mass is 9.43. The number of amides is 3. The summed E-state index contributed by atoms with van der Waals surface area (Å²) in [5, 5.41) is 103. The van der Waals surface area contributed by atoms with Crippen molar-refractivity contribution in [3.8, 4) is 0 Å². The summed E-state index contributed by atoms with van der Waals surface area (Å²) in [7, 11) is 0. The highest BCUT2D eigenvalue weighted by molar-refractivity contribution is 5.90. The molecule has 0 radical (unpaired) electrons. The second kappa shape index (κ2) is 40.7. The zero-order valence-electron chi connectivity index (χ0n) is 60.1. The molecule has 1 aliphatic heterocycles. The van der Waals surface area contributed by atoms with E-state index in [1.807, 2.05) is 0 Å². The highest BCUT2D eigenvalue weighted by Gasteiger charge is 2.64. The van der Waals surface area contributed by atoms with Crippen LogP contribution in [0, 0.1) is 58.2 Å². The number of ketones is 2. The largest absolute Gasteiger partial charge is 0.481 e. The molecular weight excluding hydrogens is 1350 g/mol. The molecule has 0 aromatic rings. The van der Waals surface area contributed by atoms with Gasteiger partial charge in [-0.15, -0.1) is 0 Å². The Hall–Kier alpha value is -7.50. The Morgan fingerprint density at radius 2 is 0.864 bits per heavy atom. The van der Waals surface area contributed by atoms with Gasteiger partial charge in [0.05, 0.1) is 82.4 Å². The molecule has 3 amide bonds. The number of carboxylic acid groups (broad SMARTS) is 9. The van der Waals surface area contributed by atoms with E-state index in [0.717, 1.165) is 51.7 Å². The van der Waals surface area contributed by atoms with Crippen LogP contribution in [-0.2, 0) is 67.1 Å². The zero-order chi connectivity index (χ0) is 76.6. The maximum atomic E-state index is 14.4. The molecule has 0 spiro atoms. The number of rotatable bonds is 49. The van der Waals surface area contributed by atoms with Gasteiger partial charge in [0.25, 0.3) is 0 Å². The van der Waals surface area contributed by atoms with E-state index in [1.165, 1.54) is 18.7 Å². The summed E-state index contributed by atoms with van der Waals surface area (Å²) in [6.07, 6.45) is 6.50. The summed E-state index contributed by atoms with van der Waals surface area (Å²) >= 11 is 0. The van der Waals surface area contributed by atoms with Gasteiger partial charge in [-0.2, -0.15) is 0 Å². The first-order chi connectivity index (χ1) is 48.4. The van der Waals surface area contributed by atoms with E-state index >= 15 is 0 Å². The molecule has 1 heterocycles. The van der Waals surface area contributed by atoms with Crippen LogP contribution in [0.1, 0.15) is 137 Å². The predicted molar refractivity (Wildman–Crippen MR) is 364 cm³/mol. The van der Waals surface area contributed by atoms with Gasteiger partial charge in [-0.3, -0.25) is 91.7 Å². The molecule has 6 unspecified atom stereocenters. The number of fused-ring (bicyclic) bond motifs is 5. The zero-order valence-corrected chi connectivity index (χ0v) is 60.1. The van der Waals surface area contributed by atoms with Crippen molar-refractivity contribution in [2.75, 3.05) is 131 Å². The summed E-state index contributed by atoms with van der Waals surface area (Å²) < 4.78 is 6.30. The fraction of sp³-hybridized carbons (Fsp3) is 0.797. The van der Waals surface area contributed by atoms with Crippen LogP contribution < -0.4 is 10.6 Å². The van der Waals surface area contributed by atoms with Crippen LogP contribution in [-0.4, -0.2) is 324 Å². The average molecular weight is 1470 g/mol. The number of carbonyl (C=O) groups excluding carboxylic acids is 5. The highest BCUT2D eigenvalue weighted by atomic mass is 16.6. The second-order valence-corrected chi connectivity index (χ2v) is 29.7. The van der Waals surface area contributed by atoms with Crippen LogP contribution in [0.3, 0.4) is 0 Å². The summed E-state index contributed by atoms with van der Waals surface area (Å²) in [5.41, 5.74) is -0.475. The Labute approximate surface area is 599 Å². The Morgan fingerprint density at radius 3 is 1.22 bits per heavy atom. The SMILES string of the molecule is CC(=O)[C@H](CCCCNC(=O)[C@@H]1CN(C(=O)O[C@@H]2CC[C@@]3(C)C(CCC4C3C[C@H](O)[C@]3(C)C(C(C)CCC(=O)O)CCC43)C2)C[C@H]1C(=O)NCCCC[C@@H](C(C)=O)N(CCN(CC(=O)O)CC(=O)O)CCN(CC(=O)O)CC(=O)O)N(CCN(CC(=O)O)CC(=O)O)CCN(CC(=O)O)CC(=O)O. The molecule has 12 N–H and O–H groups in total. The Morgan fingerprint density at radius 1 is 0.476 bits per heavy atom. The number of hydrogen-bond donors (Lipinski definition) is 12. The minimum Gasteiger partial charge on any atom is -0.481 e. The predicted octanol–water partition coefficient (Wildman–Crippen LogP) is 1.15. The molecule has 34 heteroatoms. The van der Waals surface area contributed by atoms with Crippen molar-refractivity contribution in [1.82, 2.24) is 44.9 Å². The van der Waals surface area contributed by atoms with Gasteiger partial charge in [-0.05, 0) is 156 Å². The fourth-order valence-electron chi connectivity index (χ4n) is 17.7. The number of carboxylic acids is 9. The first-order valence-corrected chi connectivity index (χ1v) is 36.0. The molecule has 5 rings (SSSR count). The number of aliphatic carboxylic acids is 9. The third-order valence-corrected chi connectivity index (χ3v) is 22.7. The molecule has 5 fully saturated rings. The van der Waals surface area contributed by atoms with Crippen molar-refractivity contribution < 1.29 is 123 Å². The van der Waals surface area contributed by atoms with Crippen LogP contribution >= 0.6 is 0 Å². The highest BCUT2D eigenvalue weighted by Crippen LogP contribution is 2.68. The van der Waals surface area contributed by atoms with Gasteiger partial charge in [-0.25, -0.2) is 4.79 Å². The van der Waals surface area contributed by atoms with Gasteiger partial charge in [0.15, 0.2) is 0 Å². The standard InChI is InChI=1S/C69H111N9O25/c1-42(12-17-56(82)83)50-15-16-51-47-14-13-45-30-46(18-19-68(45,4)52(47)31-55(81)69(50,51)5)103-67(102)78-32-48(65(100)70-20-8-6-10-53(43(2)79)76(26-22-72(34-57(84)85)35-58(86)87)27-23-73(36-59(88)89)37-60(90)91)49(33-78)66(101)71-21-9-7-11-54(44(3)80)77(28-24-74(38-61(92)93)39-62(94)95)29-25-75(40-63(96)97)41-64(98)99/h42,45-55,81H,6-41H2,1-5H3,(H,70,100)(H,71,101)(H,82,83)(H,84,85)(H,86,87)(H,88,89)(H,90,91)(H,92,93)(H,94,95)(H,96,97)(H,98,99)/t42?,45?,46-,47?,48-,49-,50?,51?,52?,53+,54+,55+,68+,69-/m1/s1. The number of unbranched alkanes of at least 4 members (excludes halogenated alkanes) is 2. The number of likely N-dealkylation sites (tertiary alicyclic amines) is 1. The maximum Gasteiger partial charge on any atom is 0.410 e. The summed E-state index contributed by atoms with van der Waals surface area (Å²) in [4.78, 5) is 184. The molecule has 0 aromatic heterocycles. The number of ether oxygens (including phenoxy) is 1. The topological polar surface area (TPSA) is 497 Å². The molecule has 4 saturated carbocycles. The van der Waals surface area contributed by atoms with E-state index in [4.69, 9.17) is 4.74 Å². The first kappa shape index (κ1) is 86.1. The summed E-state index contributed by atoms with van der Waals surface area (Å²) in [6.45, 7) is 2.69. The van der Waals surface area contributed by atoms with Crippen molar-refractivity contribution in [3.05, 3.63) is 0 Å². The Balaban J connectivity index is 1.31. The number of nitrogens with zero attached hydrogens (tertiary/aromatic N) is 7. The number of carbonyl (C=O) groups is 14. The van der Waals surface area contributed by atoms with Crippen molar-refractivity contribution in [2.45, 2.75) is 162 Å². The molecule has 5 aliphatic rings. The minimum absolute atomic E-state index is 0.0188. The number of Topliss-reactive ketones (excluding diaryl/α,β-unsaturated/α-hetero) is 2. The fourth-order valence-corrected chi connectivity index (χ4v) is 17.7. The molecule has 103 heavy (non-hydrogen) atoms. The van der Waals surface area contributed by atoms with Gasteiger partial charge < -0.3 is 71.3 Å². The van der Waals surface area contributed by atoms with Gasteiger partial charge >= 0.3 is 59.8 Å². The van der Waals surface area contributed by atoms with E-state index in [-0.39, 0.29) is 170 Å². The van der Waals surface area contributed by atoms with Crippen LogP contribution in [0.15, 0.2) is 0 Å². The molecule has 0 aromatic carbocycles. The van der Waals surface area contributed by atoms with E-state index < -0.39 is 160 Å². The number of hydrogen-bond acceptors (Lipinski definition) is 22. The molecule has 1 saturated heterocycles. The minimum atomic E-state index is -1.31. The third-order valence-electron chi connectivity index (χ3n) is 22.7. The smallest absolute Gasteiger partial charge is 0.410 e. The van der Waals surface area contributed by atoms with Gasteiger partial charge in [0.1, 0.15) is 17.7 Å². The van der Waals surface area contributed by atoms with Gasteiger partial charge in [-0.1, -0.05) is 20.8 Å². The van der Waals surface area contributed by atoms with E-state index in [9.17, 15) is 118 Å². The van der Waals surface area contributed by atoms with Crippen molar-refractivity contribution in [1.29, 1.82) is 0 Å². The van der Waals surface area contributed by atoms with Crippen LogP contribution in [0.25, 0.3) is 0 Å². The van der Waals surface area contributed by atoms with E-state index in [1.54, 1.807) is 9.80 Å². The Kier molecular flexibility index (Phi) is 34.0. The molecule has 4 aliphatic carbocycles. The quantitative estimate of drug-likeness (QED) is 0.0380. The molecule has 0 bridgehead atoms. The average Bonchev–Trinajstić information content (AvgIpc) is 1.39. The van der Waals surface area contributed by atoms with Gasteiger partial charge in [0, 0.05) is 85.0 Å². The summed E-state index contributed by atoms with van der Waals surface area (Å²) in [5.74, 6) is -14.0. The van der Waals surface area contributed by atoms with E-state index in [2.05, 4.69) is 31.4 Å². The maximum absolute atomic E-state index is 14.4. The van der Waals surface area contributed by atoms with Crippen LogP contribution in [0.4, 0.5) is 4.79 Å². The molecular formula is C69H111N9O25. The van der Waals surface area contributed by atoms with Crippen molar-refractivity contribution >= 4 is 83.2 Å². The normalized spacial score (nSPS) is 25.3. The third kappa shape index (κ3) is 26.3. The number of nitrogens with one attached hydrogen (secondary N) is 2.